The van der Waals surface area contributed by atoms with E-state index in [0.29, 0.717) is 25.6 Å². The zero-order valence-electron chi connectivity index (χ0n) is 14.8. The van der Waals surface area contributed by atoms with Crippen LogP contribution in [0.5, 0.6) is 0 Å². The lowest BCUT2D eigenvalue weighted by atomic mass is 10.1. The maximum atomic E-state index is 11.4. The number of likely N-dealkylation sites (N-methyl/N-ethyl adjacent to an activating group) is 1. The van der Waals surface area contributed by atoms with E-state index in [9.17, 15) is 10.1 Å². The van der Waals surface area contributed by atoms with Crippen LogP contribution in [0.4, 0.5) is 23.3 Å². The van der Waals surface area contributed by atoms with Gasteiger partial charge in [-0.3, -0.25) is 10.1 Å². The van der Waals surface area contributed by atoms with Gasteiger partial charge < -0.3 is 20.9 Å². The Hall–Kier alpha value is -2.94. The Kier molecular flexibility index (Phi) is 5.47. The number of piperazine rings is 1. The van der Waals surface area contributed by atoms with Crippen LogP contribution in [-0.2, 0) is 6.42 Å². The highest BCUT2D eigenvalue weighted by atomic mass is 16.6. The van der Waals surface area contributed by atoms with Crippen LogP contribution >= 0.6 is 0 Å². The molecule has 0 aliphatic carbocycles. The van der Waals surface area contributed by atoms with E-state index in [1.807, 2.05) is 42.3 Å². The predicted molar refractivity (Wildman–Crippen MR) is 101 cm³/mol. The van der Waals surface area contributed by atoms with E-state index in [-0.39, 0.29) is 17.3 Å². The summed E-state index contributed by atoms with van der Waals surface area (Å²) in [7, 11) is 2.02. The number of aromatic nitrogens is 2. The summed E-state index contributed by atoms with van der Waals surface area (Å²) in [6.45, 7) is 3.58. The Balaban J connectivity index is 1.77. The van der Waals surface area contributed by atoms with Crippen molar-refractivity contribution in [1.29, 1.82) is 0 Å². The number of nitro groups is 1. The fourth-order valence-electron chi connectivity index (χ4n) is 2.92. The van der Waals surface area contributed by atoms with E-state index in [1.54, 1.807) is 0 Å². The lowest BCUT2D eigenvalue weighted by molar-refractivity contribution is -0.383. The summed E-state index contributed by atoms with van der Waals surface area (Å²) in [5, 5.41) is 14.6. The Morgan fingerprint density at radius 1 is 1.19 bits per heavy atom. The van der Waals surface area contributed by atoms with Crippen molar-refractivity contribution in [2.24, 2.45) is 0 Å². The van der Waals surface area contributed by atoms with Crippen molar-refractivity contribution in [3.05, 3.63) is 46.0 Å². The fraction of sp³-hybridized carbons (Fsp3) is 0.412. The highest BCUT2D eigenvalue weighted by Gasteiger charge is 2.28. The number of hydrogen-bond donors (Lipinski definition) is 2. The third kappa shape index (κ3) is 4.17. The van der Waals surface area contributed by atoms with E-state index < -0.39 is 4.92 Å². The van der Waals surface area contributed by atoms with Gasteiger partial charge in [0.15, 0.2) is 0 Å². The van der Waals surface area contributed by atoms with Crippen LogP contribution in [0.15, 0.2) is 30.3 Å². The minimum atomic E-state index is -0.503. The van der Waals surface area contributed by atoms with Crippen LogP contribution in [0.2, 0.25) is 0 Å². The monoisotopic (exact) mass is 357 g/mol. The van der Waals surface area contributed by atoms with Gasteiger partial charge in [0.2, 0.25) is 17.6 Å². The van der Waals surface area contributed by atoms with E-state index >= 15 is 0 Å². The second kappa shape index (κ2) is 7.96. The number of hydrogen-bond acceptors (Lipinski definition) is 8. The van der Waals surface area contributed by atoms with Crippen LogP contribution in [0.3, 0.4) is 0 Å². The molecule has 2 heterocycles. The molecule has 1 aromatic carbocycles. The molecule has 1 aliphatic heterocycles. The van der Waals surface area contributed by atoms with E-state index in [0.717, 1.165) is 19.5 Å². The smallest absolute Gasteiger partial charge is 0.353 e. The number of nitrogens with zero attached hydrogens (tertiary/aromatic N) is 5. The lowest BCUT2D eigenvalue weighted by Crippen LogP contribution is -2.45. The van der Waals surface area contributed by atoms with Gasteiger partial charge in [0, 0.05) is 32.7 Å². The summed E-state index contributed by atoms with van der Waals surface area (Å²) in [5.74, 6) is 0.497. The predicted octanol–water partition coefficient (Wildman–Crippen LogP) is 1.37. The summed E-state index contributed by atoms with van der Waals surface area (Å²) in [5.41, 5.74) is 6.84. The normalized spacial score (nSPS) is 15.0. The van der Waals surface area contributed by atoms with Crippen LogP contribution in [-0.4, -0.2) is 59.6 Å². The number of anilines is 3. The lowest BCUT2D eigenvalue weighted by Gasteiger charge is -2.32. The summed E-state index contributed by atoms with van der Waals surface area (Å²) < 4.78 is 0. The maximum absolute atomic E-state index is 11.4. The molecule has 1 saturated heterocycles. The van der Waals surface area contributed by atoms with Crippen LogP contribution in [0, 0.1) is 10.1 Å². The zero-order chi connectivity index (χ0) is 18.5. The van der Waals surface area contributed by atoms with Gasteiger partial charge >= 0.3 is 5.69 Å². The largest absolute Gasteiger partial charge is 0.378 e. The minimum absolute atomic E-state index is 0.110. The quantitative estimate of drug-likeness (QED) is 0.589. The van der Waals surface area contributed by atoms with Crippen LogP contribution in [0.1, 0.15) is 5.56 Å². The third-order valence-electron chi connectivity index (χ3n) is 4.42. The Morgan fingerprint density at radius 2 is 1.88 bits per heavy atom. The van der Waals surface area contributed by atoms with Gasteiger partial charge in [0.05, 0.1) is 4.92 Å². The second-order valence-electron chi connectivity index (χ2n) is 6.31. The molecule has 9 heteroatoms. The SMILES string of the molecule is CN1CCN(c2nc(NCCc3ccccc3)nc(N)c2[N+](=O)[O-])CC1. The third-order valence-corrected chi connectivity index (χ3v) is 4.42. The van der Waals surface area contributed by atoms with Crippen molar-refractivity contribution >= 4 is 23.3 Å². The summed E-state index contributed by atoms with van der Waals surface area (Å²) in [4.78, 5) is 23.5. The molecule has 138 valence electrons. The number of nitrogens with two attached hydrogens (primary N) is 1. The van der Waals surface area contributed by atoms with Crippen molar-refractivity contribution in [2.75, 3.05) is 55.7 Å². The average Bonchev–Trinajstić information content (AvgIpc) is 2.62. The maximum Gasteiger partial charge on any atom is 0.353 e. The van der Waals surface area contributed by atoms with Gasteiger partial charge in [-0.25, -0.2) is 0 Å². The van der Waals surface area contributed by atoms with Gasteiger partial charge in [-0.1, -0.05) is 30.3 Å². The molecule has 0 atom stereocenters. The molecule has 0 bridgehead atoms. The van der Waals surface area contributed by atoms with Crippen LogP contribution in [0.25, 0.3) is 0 Å². The number of rotatable bonds is 6. The zero-order valence-corrected chi connectivity index (χ0v) is 14.8. The second-order valence-corrected chi connectivity index (χ2v) is 6.31. The van der Waals surface area contributed by atoms with Crippen LogP contribution < -0.4 is 16.0 Å². The molecule has 1 aromatic heterocycles. The molecule has 0 radical (unpaired) electrons. The first-order chi connectivity index (χ1) is 12.5. The molecule has 26 heavy (non-hydrogen) atoms. The van der Waals surface area contributed by atoms with Gasteiger partial charge in [-0.15, -0.1) is 0 Å². The molecule has 0 saturated carbocycles. The summed E-state index contributed by atoms with van der Waals surface area (Å²) >= 11 is 0. The van der Waals surface area contributed by atoms with Crippen molar-refractivity contribution in [3.8, 4) is 0 Å². The Labute approximate surface area is 152 Å². The van der Waals surface area contributed by atoms with E-state index in [1.165, 1.54) is 5.56 Å². The average molecular weight is 357 g/mol. The molecule has 0 amide bonds. The van der Waals surface area contributed by atoms with Gasteiger partial charge in [-0.2, -0.15) is 9.97 Å². The summed E-state index contributed by atoms with van der Waals surface area (Å²) in [6.07, 6.45) is 0.797. The van der Waals surface area contributed by atoms with Gasteiger partial charge in [-0.05, 0) is 19.0 Å². The first-order valence-corrected chi connectivity index (χ1v) is 8.58. The molecule has 0 unspecified atom stereocenters. The molecule has 1 aliphatic rings. The van der Waals surface area contributed by atoms with Crippen molar-refractivity contribution < 1.29 is 4.92 Å². The van der Waals surface area contributed by atoms with Crippen molar-refractivity contribution in [2.45, 2.75) is 6.42 Å². The molecule has 3 N–H and O–H groups in total. The minimum Gasteiger partial charge on any atom is -0.378 e. The Bertz CT molecular complexity index is 761. The number of nitrogen functional groups attached to an aromatic ring is 1. The molecular formula is C17H23N7O2. The highest BCUT2D eigenvalue weighted by Crippen LogP contribution is 2.32. The topological polar surface area (TPSA) is 113 Å². The first kappa shape index (κ1) is 17.9. The highest BCUT2D eigenvalue weighted by molar-refractivity contribution is 5.71. The Morgan fingerprint density at radius 3 is 2.54 bits per heavy atom. The number of benzene rings is 1. The molecular weight excluding hydrogens is 334 g/mol. The molecule has 0 spiro atoms. The standard InChI is InChI=1S/C17H23N7O2/c1-22-9-11-23(12-10-22)16-14(24(25)26)15(18)20-17(21-16)19-8-7-13-5-3-2-4-6-13/h2-6H,7-12H2,1H3,(H3,18,19,20,21). The van der Waals surface area contributed by atoms with E-state index in [2.05, 4.69) is 20.2 Å². The van der Waals surface area contributed by atoms with Gasteiger partial charge in [0.25, 0.3) is 0 Å². The van der Waals surface area contributed by atoms with E-state index in [4.69, 9.17) is 5.73 Å². The van der Waals surface area contributed by atoms with Gasteiger partial charge in [0.1, 0.15) is 0 Å². The molecule has 1 fully saturated rings. The van der Waals surface area contributed by atoms with Crippen molar-refractivity contribution in [1.82, 2.24) is 14.9 Å². The molecule has 2 aromatic rings. The molecule has 3 rings (SSSR count). The molecule has 9 nitrogen and oxygen atoms in total. The van der Waals surface area contributed by atoms with Crippen molar-refractivity contribution in [3.63, 3.8) is 0 Å². The first-order valence-electron chi connectivity index (χ1n) is 8.58. The number of nitrogens with one attached hydrogen (secondary N) is 1. The fourth-order valence-corrected chi connectivity index (χ4v) is 2.92. The summed E-state index contributed by atoms with van der Waals surface area (Å²) in [6, 6.07) is 10.0.